The average Bonchev–Trinajstić information content (AvgIpc) is 2.44. The standard InChI is InChI=1S/C17H13N3/c1-11-6-13(8-14(19)7-11)15-9-12-4-2-3-5-16(12)20-17(15)10-18/h2-9H,19H2,1H3. The number of nitriles is 1. The molecule has 0 spiro atoms. The van der Waals surface area contributed by atoms with Gasteiger partial charge in [-0.3, -0.25) is 0 Å². The van der Waals surface area contributed by atoms with E-state index in [1.54, 1.807) is 0 Å². The molecule has 2 N–H and O–H groups in total. The molecule has 1 heterocycles. The van der Waals surface area contributed by atoms with E-state index in [2.05, 4.69) is 11.1 Å². The second-order valence-electron chi connectivity index (χ2n) is 4.82. The van der Waals surface area contributed by atoms with Crippen molar-refractivity contribution in [1.29, 1.82) is 5.26 Å². The van der Waals surface area contributed by atoms with Gasteiger partial charge in [-0.1, -0.05) is 24.3 Å². The Morgan fingerprint density at radius 2 is 1.90 bits per heavy atom. The van der Waals surface area contributed by atoms with Crippen LogP contribution in [0.4, 0.5) is 5.69 Å². The minimum Gasteiger partial charge on any atom is -0.399 e. The third-order valence-corrected chi connectivity index (χ3v) is 3.24. The molecule has 0 aliphatic rings. The van der Waals surface area contributed by atoms with Gasteiger partial charge in [0.2, 0.25) is 0 Å². The number of rotatable bonds is 1. The zero-order chi connectivity index (χ0) is 14.1. The molecule has 3 heteroatoms. The molecule has 0 aliphatic carbocycles. The van der Waals surface area contributed by atoms with Crippen molar-refractivity contribution in [1.82, 2.24) is 4.98 Å². The number of hydrogen-bond donors (Lipinski definition) is 1. The number of anilines is 1. The van der Waals surface area contributed by atoms with E-state index in [9.17, 15) is 5.26 Å². The zero-order valence-corrected chi connectivity index (χ0v) is 11.1. The van der Waals surface area contributed by atoms with Crippen molar-refractivity contribution in [3.8, 4) is 17.2 Å². The highest BCUT2D eigenvalue weighted by atomic mass is 14.7. The number of nitrogen functional groups attached to an aromatic ring is 1. The molecule has 3 rings (SSSR count). The Morgan fingerprint density at radius 1 is 1.10 bits per heavy atom. The molecule has 0 saturated heterocycles. The number of aryl methyl sites for hydroxylation is 1. The van der Waals surface area contributed by atoms with Crippen LogP contribution in [0, 0.1) is 18.3 Å². The molecule has 0 bridgehead atoms. The SMILES string of the molecule is Cc1cc(N)cc(-c2cc3ccccc3nc2C#N)c1. The topological polar surface area (TPSA) is 62.7 Å². The Balaban J connectivity index is 2.32. The molecule has 2 aromatic carbocycles. The van der Waals surface area contributed by atoms with Gasteiger partial charge < -0.3 is 5.73 Å². The number of para-hydroxylation sites is 1. The molecule has 0 aliphatic heterocycles. The van der Waals surface area contributed by atoms with Crippen molar-refractivity contribution in [2.75, 3.05) is 5.73 Å². The van der Waals surface area contributed by atoms with Crippen LogP contribution >= 0.6 is 0 Å². The largest absolute Gasteiger partial charge is 0.399 e. The van der Waals surface area contributed by atoms with Gasteiger partial charge >= 0.3 is 0 Å². The molecule has 0 fully saturated rings. The third-order valence-electron chi connectivity index (χ3n) is 3.24. The van der Waals surface area contributed by atoms with E-state index in [4.69, 9.17) is 5.73 Å². The van der Waals surface area contributed by atoms with Gasteiger partial charge in [0.15, 0.2) is 0 Å². The Bertz CT molecular complexity index is 824. The highest BCUT2D eigenvalue weighted by Gasteiger charge is 2.09. The predicted octanol–water partition coefficient (Wildman–Crippen LogP) is 3.66. The molecule has 20 heavy (non-hydrogen) atoms. The van der Waals surface area contributed by atoms with E-state index in [0.29, 0.717) is 11.4 Å². The van der Waals surface area contributed by atoms with E-state index in [1.165, 1.54) is 0 Å². The Labute approximate surface area is 117 Å². The molecule has 0 atom stereocenters. The highest BCUT2D eigenvalue weighted by Crippen LogP contribution is 2.28. The predicted molar refractivity (Wildman–Crippen MR) is 81.0 cm³/mol. The molecule has 0 radical (unpaired) electrons. The summed E-state index contributed by atoms with van der Waals surface area (Å²) < 4.78 is 0. The van der Waals surface area contributed by atoms with Crippen LogP contribution in [0.15, 0.2) is 48.5 Å². The lowest BCUT2D eigenvalue weighted by atomic mass is 9.99. The summed E-state index contributed by atoms with van der Waals surface area (Å²) in [5.41, 5.74) is 10.7. The van der Waals surface area contributed by atoms with Crippen molar-refractivity contribution in [3.63, 3.8) is 0 Å². The van der Waals surface area contributed by atoms with Crippen LogP contribution in [-0.4, -0.2) is 4.98 Å². The summed E-state index contributed by atoms with van der Waals surface area (Å²) in [6, 6.07) is 17.7. The molecule has 0 amide bonds. The van der Waals surface area contributed by atoms with Gasteiger partial charge in [-0.05, 0) is 42.3 Å². The van der Waals surface area contributed by atoms with Crippen molar-refractivity contribution >= 4 is 16.6 Å². The number of nitrogens with two attached hydrogens (primary N) is 1. The summed E-state index contributed by atoms with van der Waals surface area (Å²) in [5.74, 6) is 0. The molecule has 1 aromatic heterocycles. The van der Waals surface area contributed by atoms with Crippen LogP contribution in [0.25, 0.3) is 22.0 Å². The maximum absolute atomic E-state index is 9.33. The summed E-state index contributed by atoms with van der Waals surface area (Å²) >= 11 is 0. The second kappa shape index (κ2) is 4.67. The first-order valence-corrected chi connectivity index (χ1v) is 6.35. The van der Waals surface area contributed by atoms with Gasteiger partial charge in [-0.2, -0.15) is 5.26 Å². The summed E-state index contributed by atoms with van der Waals surface area (Å²) in [7, 11) is 0. The Morgan fingerprint density at radius 3 is 2.65 bits per heavy atom. The monoisotopic (exact) mass is 259 g/mol. The zero-order valence-electron chi connectivity index (χ0n) is 11.1. The van der Waals surface area contributed by atoms with E-state index >= 15 is 0 Å². The van der Waals surface area contributed by atoms with Gasteiger partial charge in [-0.15, -0.1) is 0 Å². The Kier molecular flexibility index (Phi) is 2.85. The van der Waals surface area contributed by atoms with Crippen molar-refractivity contribution in [3.05, 3.63) is 59.8 Å². The smallest absolute Gasteiger partial charge is 0.149 e. The average molecular weight is 259 g/mol. The van der Waals surface area contributed by atoms with Crippen LogP contribution in [0.3, 0.4) is 0 Å². The van der Waals surface area contributed by atoms with Crippen LogP contribution in [0.2, 0.25) is 0 Å². The lowest BCUT2D eigenvalue weighted by Gasteiger charge is -2.08. The van der Waals surface area contributed by atoms with Crippen molar-refractivity contribution in [2.24, 2.45) is 0 Å². The number of pyridine rings is 1. The number of fused-ring (bicyclic) bond motifs is 1. The fourth-order valence-electron chi connectivity index (χ4n) is 2.39. The van der Waals surface area contributed by atoms with Crippen LogP contribution in [-0.2, 0) is 0 Å². The van der Waals surface area contributed by atoms with Gasteiger partial charge in [0.05, 0.1) is 5.52 Å². The number of benzene rings is 2. The summed E-state index contributed by atoms with van der Waals surface area (Å²) in [5, 5.41) is 10.3. The third kappa shape index (κ3) is 2.08. The van der Waals surface area contributed by atoms with Crippen LogP contribution in [0.1, 0.15) is 11.3 Å². The maximum atomic E-state index is 9.33. The molecule has 3 aromatic rings. The molecule has 3 nitrogen and oxygen atoms in total. The summed E-state index contributed by atoms with van der Waals surface area (Å²) in [4.78, 5) is 4.43. The first-order valence-electron chi connectivity index (χ1n) is 6.35. The highest BCUT2D eigenvalue weighted by molar-refractivity contribution is 5.86. The van der Waals surface area contributed by atoms with Gasteiger partial charge in [0, 0.05) is 16.6 Å². The number of nitrogens with zero attached hydrogens (tertiary/aromatic N) is 2. The van der Waals surface area contributed by atoms with Crippen LogP contribution in [0.5, 0.6) is 0 Å². The summed E-state index contributed by atoms with van der Waals surface area (Å²) in [6.07, 6.45) is 0. The maximum Gasteiger partial charge on any atom is 0.149 e. The lowest BCUT2D eigenvalue weighted by molar-refractivity contribution is 1.32. The molecule has 0 saturated carbocycles. The first kappa shape index (κ1) is 12.2. The molecular formula is C17H13N3. The summed E-state index contributed by atoms with van der Waals surface area (Å²) in [6.45, 7) is 1.99. The van der Waals surface area contributed by atoms with E-state index in [1.807, 2.05) is 55.5 Å². The van der Waals surface area contributed by atoms with Crippen molar-refractivity contribution in [2.45, 2.75) is 6.92 Å². The van der Waals surface area contributed by atoms with Gasteiger partial charge in [0.1, 0.15) is 11.8 Å². The fourth-order valence-corrected chi connectivity index (χ4v) is 2.39. The minimum atomic E-state index is 0.425. The van der Waals surface area contributed by atoms with Gasteiger partial charge in [-0.25, -0.2) is 4.98 Å². The van der Waals surface area contributed by atoms with Crippen molar-refractivity contribution < 1.29 is 0 Å². The minimum absolute atomic E-state index is 0.425. The molecule has 96 valence electrons. The molecule has 0 unspecified atom stereocenters. The Hall–Kier alpha value is -2.86. The fraction of sp³-hybridized carbons (Fsp3) is 0.0588. The normalized spacial score (nSPS) is 10.4. The van der Waals surface area contributed by atoms with E-state index in [-0.39, 0.29) is 0 Å². The lowest BCUT2D eigenvalue weighted by Crippen LogP contribution is -1.93. The van der Waals surface area contributed by atoms with Gasteiger partial charge in [0.25, 0.3) is 0 Å². The van der Waals surface area contributed by atoms with E-state index < -0.39 is 0 Å². The quantitative estimate of drug-likeness (QED) is 0.678. The first-order chi connectivity index (χ1) is 9.67. The van der Waals surface area contributed by atoms with Crippen LogP contribution < -0.4 is 5.73 Å². The molecular weight excluding hydrogens is 246 g/mol. The number of aromatic nitrogens is 1. The second-order valence-corrected chi connectivity index (χ2v) is 4.82. The van der Waals surface area contributed by atoms with E-state index in [0.717, 1.165) is 27.6 Å². The number of hydrogen-bond acceptors (Lipinski definition) is 3.